The molecule has 0 unspecified atom stereocenters. The van der Waals surface area contributed by atoms with Crippen LogP contribution in [0.1, 0.15) is 0 Å². The molecule has 4 heteroatoms. The van der Waals surface area contributed by atoms with Crippen LogP contribution >= 0.6 is 0 Å². The lowest BCUT2D eigenvalue weighted by Crippen LogP contribution is -1.98. The van der Waals surface area contributed by atoms with Crippen LogP contribution in [0.2, 0.25) is 0 Å². The third-order valence-electron chi connectivity index (χ3n) is 13.2. The summed E-state index contributed by atoms with van der Waals surface area (Å²) in [4.78, 5) is 0. The number of hydrogen-bond donors (Lipinski definition) is 0. The average molecular weight is 881 g/mol. The molecule has 4 nitrogen and oxygen atoms in total. The highest BCUT2D eigenvalue weighted by molar-refractivity contribution is 6.33. The number of fused-ring (bicyclic) bond motifs is 10. The summed E-state index contributed by atoms with van der Waals surface area (Å²) in [6, 6.07) is 76.2. The minimum absolute atomic E-state index is 0.892. The fraction of sp³-hybridized carbons (Fsp3) is 0.0625. The van der Waals surface area contributed by atoms with Gasteiger partial charge in [-0.2, -0.15) is 0 Å². The van der Waals surface area contributed by atoms with E-state index in [9.17, 15) is 0 Å². The number of ether oxygens (including phenoxy) is 4. The van der Waals surface area contributed by atoms with Gasteiger partial charge in [-0.05, 0) is 43.8 Å². The monoisotopic (exact) mass is 880 g/mol. The molecule has 0 amide bonds. The van der Waals surface area contributed by atoms with Crippen LogP contribution in [0.4, 0.5) is 0 Å². The summed E-state index contributed by atoms with van der Waals surface area (Å²) in [6.07, 6.45) is 0. The first kappa shape index (κ1) is 42.1. The van der Waals surface area contributed by atoms with E-state index >= 15 is 0 Å². The van der Waals surface area contributed by atoms with Crippen molar-refractivity contribution in [3.63, 3.8) is 0 Å². The zero-order chi connectivity index (χ0) is 46.1. The van der Waals surface area contributed by atoms with E-state index in [0.29, 0.717) is 0 Å². The van der Waals surface area contributed by atoms with Crippen LogP contribution in [0.25, 0.3) is 109 Å². The van der Waals surface area contributed by atoms with Gasteiger partial charge in [0.2, 0.25) is 0 Å². The molecule has 0 saturated carbocycles. The molecule has 0 heterocycles. The van der Waals surface area contributed by atoms with E-state index in [1.807, 2.05) is 0 Å². The molecule has 0 N–H and O–H groups in total. The van der Waals surface area contributed by atoms with Gasteiger partial charge in [-0.1, -0.05) is 218 Å². The van der Waals surface area contributed by atoms with E-state index in [1.165, 1.54) is 21.5 Å². The molecule has 0 aliphatic carbocycles. The van der Waals surface area contributed by atoms with E-state index in [0.717, 1.165) is 111 Å². The predicted octanol–water partition coefficient (Wildman–Crippen LogP) is 17.0. The first-order valence-electron chi connectivity index (χ1n) is 22.9. The Balaban J connectivity index is 0.000000149. The lowest BCUT2D eigenvalue weighted by molar-refractivity contribution is 0.421. The molecule has 0 bridgehead atoms. The van der Waals surface area contributed by atoms with Gasteiger partial charge < -0.3 is 18.9 Å². The second-order valence-corrected chi connectivity index (χ2v) is 16.8. The van der Waals surface area contributed by atoms with Gasteiger partial charge in [-0.15, -0.1) is 0 Å². The molecular weight excluding hydrogens is 833 g/mol. The average Bonchev–Trinajstić information content (AvgIpc) is 3.42. The third-order valence-corrected chi connectivity index (χ3v) is 13.2. The molecule has 12 rings (SSSR count). The van der Waals surface area contributed by atoms with Gasteiger partial charge in [0.05, 0.1) is 28.4 Å². The van der Waals surface area contributed by atoms with Crippen molar-refractivity contribution in [2.45, 2.75) is 0 Å². The molecule has 0 atom stereocenters. The second kappa shape index (κ2) is 18.0. The SMILES string of the molecule is COc1c(-c2ccccc2)c2c3ccccc3c(OC)c(-c3ccccc3)c2c2ccccc12.COc1c(-c2ccccc2)c2c3ccccc3c(OC)c(-c3ccccc3)c2c2ccccc12. The maximum Gasteiger partial charge on any atom is 0.135 e. The Hall–Kier alpha value is -8.60. The van der Waals surface area contributed by atoms with Gasteiger partial charge in [0, 0.05) is 65.3 Å². The number of benzene rings is 12. The van der Waals surface area contributed by atoms with E-state index in [-0.39, 0.29) is 0 Å². The van der Waals surface area contributed by atoms with Crippen LogP contribution in [0, 0.1) is 0 Å². The Morgan fingerprint density at radius 1 is 0.191 bits per heavy atom. The van der Waals surface area contributed by atoms with Crippen molar-refractivity contribution in [3.05, 3.63) is 218 Å². The van der Waals surface area contributed by atoms with Gasteiger partial charge in [-0.25, -0.2) is 0 Å². The fourth-order valence-corrected chi connectivity index (χ4v) is 10.5. The highest BCUT2D eigenvalue weighted by Gasteiger charge is 2.27. The van der Waals surface area contributed by atoms with Crippen LogP contribution in [-0.2, 0) is 0 Å². The first-order valence-corrected chi connectivity index (χ1v) is 22.9. The Kier molecular flexibility index (Phi) is 11.1. The van der Waals surface area contributed by atoms with Gasteiger partial charge in [0.1, 0.15) is 23.0 Å². The largest absolute Gasteiger partial charge is 0.495 e. The minimum atomic E-state index is 0.892. The summed E-state index contributed by atoms with van der Waals surface area (Å²) in [5, 5.41) is 13.7. The van der Waals surface area contributed by atoms with Crippen molar-refractivity contribution in [3.8, 4) is 67.5 Å². The summed E-state index contributed by atoms with van der Waals surface area (Å²) < 4.78 is 24.6. The lowest BCUT2D eigenvalue weighted by atomic mass is 9.84. The first-order chi connectivity index (χ1) is 33.7. The van der Waals surface area contributed by atoms with Crippen LogP contribution in [0.3, 0.4) is 0 Å². The topological polar surface area (TPSA) is 36.9 Å². The van der Waals surface area contributed by atoms with Crippen molar-refractivity contribution in [1.82, 2.24) is 0 Å². The third kappa shape index (κ3) is 6.84. The van der Waals surface area contributed by atoms with Crippen molar-refractivity contribution < 1.29 is 18.9 Å². The minimum Gasteiger partial charge on any atom is -0.495 e. The molecule has 12 aromatic carbocycles. The summed E-state index contributed by atoms with van der Waals surface area (Å²) >= 11 is 0. The standard InChI is InChI=1S/2C32H24O2/c2*1-33-31-25-19-11-9-17-23(25)30-28(22-15-7-4-8-16-22)32(34-2)26-20-12-10-18-24(26)29(30)27(31)21-13-5-3-6-14-21/h2*3-20H,1-2H3. The zero-order valence-electron chi connectivity index (χ0n) is 38.4. The quantitative estimate of drug-likeness (QED) is 0.143. The van der Waals surface area contributed by atoms with Crippen LogP contribution < -0.4 is 18.9 Å². The van der Waals surface area contributed by atoms with E-state index in [4.69, 9.17) is 18.9 Å². The lowest BCUT2D eigenvalue weighted by Gasteiger charge is -2.23. The van der Waals surface area contributed by atoms with Crippen LogP contribution in [0.5, 0.6) is 23.0 Å². The highest BCUT2D eigenvalue weighted by Crippen LogP contribution is 2.55. The summed E-state index contributed by atoms with van der Waals surface area (Å²) in [7, 11) is 7.07. The molecular formula is C64H48O4. The summed E-state index contributed by atoms with van der Waals surface area (Å²) in [6.45, 7) is 0. The van der Waals surface area contributed by atoms with Crippen LogP contribution in [-0.4, -0.2) is 28.4 Å². The van der Waals surface area contributed by atoms with Gasteiger partial charge in [0.15, 0.2) is 0 Å². The Morgan fingerprint density at radius 3 is 0.529 bits per heavy atom. The smallest absolute Gasteiger partial charge is 0.135 e. The van der Waals surface area contributed by atoms with Crippen LogP contribution in [0.15, 0.2) is 218 Å². The maximum atomic E-state index is 6.14. The molecule has 0 aliphatic rings. The maximum absolute atomic E-state index is 6.14. The molecule has 0 spiro atoms. The summed E-state index contributed by atoms with van der Waals surface area (Å²) in [5.41, 5.74) is 8.93. The molecule has 0 radical (unpaired) electrons. The van der Waals surface area contributed by atoms with E-state index in [1.54, 1.807) is 28.4 Å². The van der Waals surface area contributed by atoms with Gasteiger partial charge in [-0.3, -0.25) is 0 Å². The normalized spacial score (nSPS) is 11.2. The fourth-order valence-electron chi connectivity index (χ4n) is 10.5. The summed E-state index contributed by atoms with van der Waals surface area (Å²) in [5.74, 6) is 3.57. The molecule has 0 fully saturated rings. The van der Waals surface area contributed by atoms with Gasteiger partial charge >= 0.3 is 0 Å². The molecule has 0 saturated heterocycles. The van der Waals surface area contributed by atoms with Crippen molar-refractivity contribution in [2.75, 3.05) is 28.4 Å². The molecule has 328 valence electrons. The molecule has 68 heavy (non-hydrogen) atoms. The Morgan fingerprint density at radius 2 is 0.353 bits per heavy atom. The number of hydrogen-bond acceptors (Lipinski definition) is 4. The van der Waals surface area contributed by atoms with E-state index in [2.05, 4.69) is 218 Å². The Bertz CT molecular complexity index is 3300. The number of methoxy groups -OCH3 is 4. The number of rotatable bonds is 8. The zero-order valence-corrected chi connectivity index (χ0v) is 38.4. The highest BCUT2D eigenvalue weighted by atomic mass is 16.5. The van der Waals surface area contributed by atoms with Crippen molar-refractivity contribution in [2.24, 2.45) is 0 Å². The Labute approximate surface area is 396 Å². The molecule has 0 aromatic heterocycles. The second-order valence-electron chi connectivity index (χ2n) is 16.8. The van der Waals surface area contributed by atoms with Gasteiger partial charge in [0.25, 0.3) is 0 Å². The molecule has 0 aliphatic heterocycles. The molecule has 12 aromatic rings. The van der Waals surface area contributed by atoms with Crippen molar-refractivity contribution >= 4 is 64.6 Å². The van der Waals surface area contributed by atoms with E-state index < -0.39 is 0 Å². The predicted molar refractivity (Wildman–Crippen MR) is 286 cm³/mol. The van der Waals surface area contributed by atoms with Crippen molar-refractivity contribution in [1.29, 1.82) is 0 Å².